The third-order valence-electron chi connectivity index (χ3n) is 5.13. The topological polar surface area (TPSA) is 29.5 Å². The van der Waals surface area contributed by atoms with E-state index in [1.54, 1.807) is 0 Å². The Morgan fingerprint density at radius 2 is 1.75 bits per heavy atom. The zero-order valence-electron chi connectivity index (χ0n) is 11.4. The quantitative estimate of drug-likeness (QED) is 0.772. The highest BCUT2D eigenvalue weighted by Crippen LogP contribution is 2.51. The molecule has 3 aliphatic rings. The third kappa shape index (κ3) is 1.92. The SMILES string of the molecule is O=C(OCc1ccccc1)N1C[C@@H]2C3C=CC(C3)[C@@H]2C1. The summed E-state index contributed by atoms with van der Waals surface area (Å²) in [5.41, 5.74) is 1.04. The highest BCUT2D eigenvalue weighted by Gasteiger charge is 2.50. The summed E-state index contributed by atoms with van der Waals surface area (Å²) in [6, 6.07) is 9.86. The maximum Gasteiger partial charge on any atom is 0.410 e. The Labute approximate surface area is 119 Å². The van der Waals surface area contributed by atoms with Crippen molar-refractivity contribution in [3.63, 3.8) is 0 Å². The summed E-state index contributed by atoms with van der Waals surface area (Å²) in [5.74, 6) is 2.76. The second-order valence-electron chi connectivity index (χ2n) is 6.22. The molecule has 4 rings (SSSR count). The fraction of sp³-hybridized carbons (Fsp3) is 0.471. The summed E-state index contributed by atoms with van der Waals surface area (Å²) in [4.78, 5) is 14.1. The fourth-order valence-electron chi connectivity index (χ4n) is 4.11. The van der Waals surface area contributed by atoms with Gasteiger partial charge in [0, 0.05) is 13.1 Å². The van der Waals surface area contributed by atoms with Crippen LogP contribution < -0.4 is 0 Å². The number of ether oxygens (including phenoxy) is 1. The third-order valence-corrected chi connectivity index (χ3v) is 5.13. The normalized spacial score (nSPS) is 33.5. The van der Waals surface area contributed by atoms with Crippen molar-refractivity contribution in [1.29, 1.82) is 0 Å². The molecule has 2 fully saturated rings. The van der Waals surface area contributed by atoms with E-state index in [1.165, 1.54) is 6.42 Å². The highest BCUT2D eigenvalue weighted by atomic mass is 16.6. The van der Waals surface area contributed by atoms with Gasteiger partial charge in [0.05, 0.1) is 0 Å². The molecule has 1 saturated carbocycles. The maximum atomic E-state index is 12.2. The summed E-state index contributed by atoms with van der Waals surface area (Å²) in [6.45, 7) is 2.13. The molecule has 0 N–H and O–H groups in total. The van der Waals surface area contributed by atoms with Gasteiger partial charge < -0.3 is 9.64 Å². The van der Waals surface area contributed by atoms with Crippen LogP contribution in [0, 0.1) is 23.7 Å². The smallest absolute Gasteiger partial charge is 0.410 e. The standard InChI is InChI=1S/C17H19NO2/c19-17(20-11-12-4-2-1-3-5-12)18-9-15-13-6-7-14(8-13)16(15)10-18/h1-7,13-16H,8-11H2/t13?,14?,15-,16+. The molecule has 0 spiro atoms. The van der Waals surface area contributed by atoms with Crippen LogP contribution in [0.2, 0.25) is 0 Å². The van der Waals surface area contributed by atoms with Crippen molar-refractivity contribution in [2.45, 2.75) is 13.0 Å². The second kappa shape index (κ2) is 4.65. The van der Waals surface area contributed by atoms with Gasteiger partial charge in [0.1, 0.15) is 6.61 Å². The zero-order chi connectivity index (χ0) is 13.5. The van der Waals surface area contributed by atoms with Gasteiger partial charge in [-0.15, -0.1) is 0 Å². The van der Waals surface area contributed by atoms with E-state index in [9.17, 15) is 4.79 Å². The average molecular weight is 269 g/mol. The van der Waals surface area contributed by atoms with Crippen molar-refractivity contribution in [3.05, 3.63) is 48.0 Å². The highest BCUT2D eigenvalue weighted by molar-refractivity contribution is 5.68. The Hall–Kier alpha value is -1.77. The van der Waals surface area contributed by atoms with Crippen molar-refractivity contribution < 1.29 is 9.53 Å². The zero-order valence-corrected chi connectivity index (χ0v) is 11.4. The lowest BCUT2D eigenvalue weighted by Gasteiger charge is -2.18. The van der Waals surface area contributed by atoms with E-state index in [0.29, 0.717) is 30.3 Å². The minimum Gasteiger partial charge on any atom is -0.445 e. The first-order chi connectivity index (χ1) is 9.81. The number of fused-ring (bicyclic) bond motifs is 5. The number of amides is 1. The van der Waals surface area contributed by atoms with Crippen LogP contribution in [0.5, 0.6) is 0 Å². The number of nitrogens with zero attached hydrogens (tertiary/aromatic N) is 1. The Kier molecular flexibility index (Phi) is 2.79. The molecule has 3 heteroatoms. The number of hydrogen-bond acceptors (Lipinski definition) is 2. The van der Waals surface area contributed by atoms with Gasteiger partial charge in [0.2, 0.25) is 0 Å². The molecular formula is C17H19NO2. The van der Waals surface area contributed by atoms with Gasteiger partial charge in [-0.25, -0.2) is 4.79 Å². The van der Waals surface area contributed by atoms with Crippen molar-refractivity contribution in [1.82, 2.24) is 4.90 Å². The van der Waals surface area contributed by atoms with Crippen LogP contribution in [-0.4, -0.2) is 24.1 Å². The van der Waals surface area contributed by atoms with Crippen molar-refractivity contribution in [2.24, 2.45) is 23.7 Å². The lowest BCUT2D eigenvalue weighted by molar-refractivity contribution is 0.101. The van der Waals surface area contributed by atoms with E-state index in [4.69, 9.17) is 4.74 Å². The Bertz CT molecular complexity index is 519. The second-order valence-corrected chi connectivity index (χ2v) is 6.22. The first kappa shape index (κ1) is 12.0. The molecule has 3 nitrogen and oxygen atoms in total. The molecule has 1 amide bonds. The largest absolute Gasteiger partial charge is 0.445 e. The van der Waals surface area contributed by atoms with Gasteiger partial charge in [-0.05, 0) is 35.7 Å². The van der Waals surface area contributed by atoms with Crippen molar-refractivity contribution in [2.75, 3.05) is 13.1 Å². The number of allylic oxidation sites excluding steroid dienone is 2. The van der Waals surface area contributed by atoms with Crippen molar-refractivity contribution in [3.8, 4) is 0 Å². The van der Waals surface area contributed by atoms with E-state index >= 15 is 0 Å². The van der Waals surface area contributed by atoms with Crippen LogP contribution in [-0.2, 0) is 11.3 Å². The summed E-state index contributed by atoms with van der Waals surface area (Å²) in [7, 11) is 0. The predicted molar refractivity (Wildman–Crippen MR) is 75.9 cm³/mol. The maximum absolute atomic E-state index is 12.2. The molecule has 2 bridgehead atoms. The van der Waals surface area contributed by atoms with E-state index in [2.05, 4.69) is 12.2 Å². The molecule has 0 aromatic heterocycles. The first-order valence-electron chi connectivity index (χ1n) is 7.45. The van der Waals surface area contributed by atoms with Gasteiger partial charge in [0.25, 0.3) is 0 Å². The molecule has 1 heterocycles. The van der Waals surface area contributed by atoms with Gasteiger partial charge >= 0.3 is 6.09 Å². The molecule has 20 heavy (non-hydrogen) atoms. The lowest BCUT2D eigenvalue weighted by atomic mass is 9.86. The Morgan fingerprint density at radius 1 is 1.10 bits per heavy atom. The van der Waals surface area contributed by atoms with E-state index in [-0.39, 0.29) is 6.09 Å². The van der Waals surface area contributed by atoms with Crippen LogP contribution in [0.4, 0.5) is 4.79 Å². The summed E-state index contributed by atoms with van der Waals surface area (Å²) >= 11 is 0. The number of likely N-dealkylation sites (tertiary alicyclic amines) is 1. The molecule has 1 saturated heterocycles. The molecule has 1 aromatic rings. The summed E-state index contributed by atoms with van der Waals surface area (Å²) in [5, 5.41) is 0. The van der Waals surface area contributed by atoms with Gasteiger partial charge in [0.15, 0.2) is 0 Å². The Morgan fingerprint density at radius 3 is 2.40 bits per heavy atom. The van der Waals surface area contributed by atoms with Gasteiger partial charge in [-0.1, -0.05) is 42.5 Å². The number of carbonyl (C=O) groups is 1. The lowest BCUT2D eigenvalue weighted by Crippen LogP contribution is -2.30. The summed E-state index contributed by atoms with van der Waals surface area (Å²) in [6.07, 6.45) is 5.86. The van der Waals surface area contributed by atoms with E-state index in [0.717, 1.165) is 18.7 Å². The predicted octanol–water partition coefficient (Wildman–Crippen LogP) is 3.08. The molecule has 2 unspecified atom stereocenters. The Balaban J connectivity index is 1.35. The van der Waals surface area contributed by atoms with Crippen LogP contribution >= 0.6 is 0 Å². The molecule has 1 aliphatic heterocycles. The van der Waals surface area contributed by atoms with Gasteiger partial charge in [-0.2, -0.15) is 0 Å². The number of hydrogen-bond donors (Lipinski definition) is 0. The van der Waals surface area contributed by atoms with Gasteiger partial charge in [-0.3, -0.25) is 0 Å². The van der Waals surface area contributed by atoms with E-state index < -0.39 is 0 Å². The van der Waals surface area contributed by atoms with Crippen LogP contribution in [0.1, 0.15) is 12.0 Å². The van der Waals surface area contributed by atoms with E-state index in [1.807, 2.05) is 35.2 Å². The number of carbonyl (C=O) groups excluding carboxylic acids is 1. The molecule has 2 aliphatic carbocycles. The summed E-state index contributed by atoms with van der Waals surface area (Å²) < 4.78 is 5.43. The number of rotatable bonds is 2. The van der Waals surface area contributed by atoms with Crippen LogP contribution in [0.3, 0.4) is 0 Å². The molecule has 4 atom stereocenters. The fourth-order valence-corrected chi connectivity index (χ4v) is 4.11. The monoisotopic (exact) mass is 269 g/mol. The molecule has 1 aromatic carbocycles. The van der Waals surface area contributed by atoms with Crippen LogP contribution in [0.25, 0.3) is 0 Å². The molecular weight excluding hydrogens is 250 g/mol. The molecule has 0 radical (unpaired) electrons. The average Bonchev–Trinajstić information content (AvgIpc) is 3.17. The van der Waals surface area contributed by atoms with Crippen LogP contribution in [0.15, 0.2) is 42.5 Å². The minimum absolute atomic E-state index is 0.150. The first-order valence-corrected chi connectivity index (χ1v) is 7.45. The molecule has 104 valence electrons. The number of benzene rings is 1. The van der Waals surface area contributed by atoms with Crippen molar-refractivity contribution >= 4 is 6.09 Å². The minimum atomic E-state index is -0.150.